The molecule has 1 heterocycles. The van der Waals surface area contributed by atoms with Gasteiger partial charge in [-0.3, -0.25) is 5.32 Å². The Labute approximate surface area is 109 Å². The second-order valence-electron chi connectivity index (χ2n) is 4.71. The number of hydrogen-bond donors (Lipinski definition) is 1. The number of rotatable bonds is 8. The molecular formula is C13H25NO4. The van der Waals surface area contributed by atoms with Crippen molar-refractivity contribution < 1.29 is 19.0 Å². The average Bonchev–Trinajstić information content (AvgIpc) is 2.87. The SMILES string of the molecule is CCOCC(C)(NCC1CCCO1)C(=O)OCC. The topological polar surface area (TPSA) is 56.8 Å². The van der Waals surface area contributed by atoms with Crippen LogP contribution < -0.4 is 5.32 Å². The Balaban J connectivity index is 2.49. The van der Waals surface area contributed by atoms with Crippen LogP contribution in [-0.2, 0) is 19.0 Å². The van der Waals surface area contributed by atoms with Gasteiger partial charge in [0.25, 0.3) is 0 Å². The third-order valence-electron chi connectivity index (χ3n) is 3.06. The summed E-state index contributed by atoms with van der Waals surface area (Å²) in [5, 5.41) is 3.23. The van der Waals surface area contributed by atoms with Crippen LogP contribution in [0.5, 0.6) is 0 Å². The maximum Gasteiger partial charge on any atom is 0.328 e. The molecule has 1 N–H and O–H groups in total. The molecule has 0 bridgehead atoms. The van der Waals surface area contributed by atoms with Gasteiger partial charge in [-0.05, 0) is 33.6 Å². The van der Waals surface area contributed by atoms with Crippen molar-refractivity contribution >= 4 is 5.97 Å². The number of esters is 1. The lowest BCUT2D eigenvalue weighted by molar-refractivity contribution is -0.153. The van der Waals surface area contributed by atoms with Gasteiger partial charge in [0.05, 0.1) is 19.3 Å². The Bertz CT molecular complexity index is 253. The van der Waals surface area contributed by atoms with Crippen molar-refractivity contribution in [2.24, 2.45) is 0 Å². The molecule has 2 atom stereocenters. The predicted molar refractivity (Wildman–Crippen MR) is 68.5 cm³/mol. The highest BCUT2D eigenvalue weighted by Crippen LogP contribution is 2.14. The third kappa shape index (κ3) is 4.55. The van der Waals surface area contributed by atoms with E-state index in [0.29, 0.717) is 26.4 Å². The maximum absolute atomic E-state index is 12.0. The van der Waals surface area contributed by atoms with E-state index in [4.69, 9.17) is 14.2 Å². The second-order valence-corrected chi connectivity index (χ2v) is 4.71. The molecule has 1 aliphatic heterocycles. The van der Waals surface area contributed by atoms with Gasteiger partial charge in [-0.1, -0.05) is 0 Å². The smallest absolute Gasteiger partial charge is 0.328 e. The van der Waals surface area contributed by atoms with E-state index < -0.39 is 5.54 Å². The zero-order chi connectivity index (χ0) is 13.4. The predicted octanol–water partition coefficient (Wildman–Crippen LogP) is 1.11. The Morgan fingerprint density at radius 1 is 1.44 bits per heavy atom. The van der Waals surface area contributed by atoms with Gasteiger partial charge in [-0.15, -0.1) is 0 Å². The van der Waals surface area contributed by atoms with Gasteiger partial charge in [0.1, 0.15) is 5.54 Å². The van der Waals surface area contributed by atoms with Crippen LogP contribution in [0.1, 0.15) is 33.6 Å². The van der Waals surface area contributed by atoms with Crippen molar-refractivity contribution in [3.05, 3.63) is 0 Å². The molecule has 0 aromatic rings. The number of hydrogen-bond acceptors (Lipinski definition) is 5. The van der Waals surface area contributed by atoms with Gasteiger partial charge in [0, 0.05) is 19.8 Å². The van der Waals surface area contributed by atoms with Crippen LogP contribution in [0.15, 0.2) is 0 Å². The number of nitrogens with one attached hydrogen (secondary N) is 1. The summed E-state index contributed by atoms with van der Waals surface area (Å²) in [6, 6.07) is 0. The van der Waals surface area contributed by atoms with Gasteiger partial charge in [0.15, 0.2) is 0 Å². The van der Waals surface area contributed by atoms with E-state index in [9.17, 15) is 4.79 Å². The molecule has 0 amide bonds. The quantitative estimate of drug-likeness (QED) is 0.662. The van der Waals surface area contributed by atoms with E-state index in [1.54, 1.807) is 6.92 Å². The summed E-state index contributed by atoms with van der Waals surface area (Å²) >= 11 is 0. The minimum Gasteiger partial charge on any atom is -0.465 e. The lowest BCUT2D eigenvalue weighted by Gasteiger charge is -2.29. The first-order valence-electron chi connectivity index (χ1n) is 6.74. The second kappa shape index (κ2) is 7.71. The largest absolute Gasteiger partial charge is 0.465 e. The molecule has 0 aromatic carbocycles. The Hall–Kier alpha value is -0.650. The highest BCUT2D eigenvalue weighted by molar-refractivity contribution is 5.80. The number of carbonyl (C=O) groups excluding carboxylic acids is 1. The van der Waals surface area contributed by atoms with E-state index in [1.807, 2.05) is 13.8 Å². The number of carbonyl (C=O) groups is 1. The van der Waals surface area contributed by atoms with E-state index in [0.717, 1.165) is 19.4 Å². The number of ether oxygens (including phenoxy) is 3. The van der Waals surface area contributed by atoms with Crippen LogP contribution in [0, 0.1) is 0 Å². The van der Waals surface area contributed by atoms with Gasteiger partial charge < -0.3 is 14.2 Å². The minimum absolute atomic E-state index is 0.195. The lowest BCUT2D eigenvalue weighted by Crippen LogP contribution is -2.55. The van der Waals surface area contributed by atoms with Crippen molar-refractivity contribution in [2.45, 2.75) is 45.3 Å². The van der Waals surface area contributed by atoms with E-state index in [1.165, 1.54) is 0 Å². The van der Waals surface area contributed by atoms with E-state index in [2.05, 4.69) is 5.32 Å². The highest BCUT2D eigenvalue weighted by atomic mass is 16.5. The molecule has 0 saturated carbocycles. The van der Waals surface area contributed by atoms with Gasteiger partial charge in [0.2, 0.25) is 0 Å². The summed E-state index contributed by atoms with van der Waals surface area (Å²) in [4.78, 5) is 12.0. The zero-order valence-corrected chi connectivity index (χ0v) is 11.7. The molecule has 1 aliphatic rings. The molecule has 18 heavy (non-hydrogen) atoms. The first-order chi connectivity index (χ1) is 8.62. The summed E-state index contributed by atoms with van der Waals surface area (Å²) in [5.41, 5.74) is -0.794. The Morgan fingerprint density at radius 2 is 2.22 bits per heavy atom. The summed E-state index contributed by atoms with van der Waals surface area (Å²) in [7, 11) is 0. The van der Waals surface area contributed by atoms with Crippen LogP contribution in [0.4, 0.5) is 0 Å². The van der Waals surface area contributed by atoms with Crippen LogP contribution in [0.3, 0.4) is 0 Å². The molecule has 0 aliphatic carbocycles. The van der Waals surface area contributed by atoms with Crippen molar-refractivity contribution in [2.75, 3.05) is 33.0 Å². The molecule has 0 spiro atoms. The van der Waals surface area contributed by atoms with Crippen molar-refractivity contribution in [3.8, 4) is 0 Å². The third-order valence-corrected chi connectivity index (χ3v) is 3.06. The molecular weight excluding hydrogens is 234 g/mol. The van der Waals surface area contributed by atoms with Crippen LogP contribution >= 0.6 is 0 Å². The minimum atomic E-state index is -0.794. The molecule has 5 heteroatoms. The first kappa shape index (κ1) is 15.4. The average molecular weight is 259 g/mol. The monoisotopic (exact) mass is 259 g/mol. The summed E-state index contributed by atoms with van der Waals surface area (Å²) in [6.07, 6.45) is 2.33. The van der Waals surface area contributed by atoms with Gasteiger partial charge in [-0.2, -0.15) is 0 Å². The van der Waals surface area contributed by atoms with Crippen molar-refractivity contribution in [1.82, 2.24) is 5.32 Å². The Morgan fingerprint density at radius 3 is 2.78 bits per heavy atom. The molecule has 0 aromatic heterocycles. The van der Waals surface area contributed by atoms with Crippen molar-refractivity contribution in [3.63, 3.8) is 0 Å². The molecule has 5 nitrogen and oxygen atoms in total. The molecule has 0 radical (unpaired) electrons. The fraction of sp³-hybridized carbons (Fsp3) is 0.923. The van der Waals surface area contributed by atoms with Crippen molar-refractivity contribution in [1.29, 1.82) is 0 Å². The first-order valence-corrected chi connectivity index (χ1v) is 6.74. The highest BCUT2D eigenvalue weighted by Gasteiger charge is 2.35. The summed E-state index contributed by atoms with van der Waals surface area (Å²) < 4.78 is 16.0. The normalized spacial score (nSPS) is 22.7. The summed E-state index contributed by atoms with van der Waals surface area (Å²) in [5.74, 6) is -0.267. The molecule has 1 rings (SSSR count). The molecule has 1 fully saturated rings. The fourth-order valence-electron chi connectivity index (χ4n) is 1.92. The molecule has 2 unspecified atom stereocenters. The molecule has 1 saturated heterocycles. The zero-order valence-electron chi connectivity index (χ0n) is 11.7. The molecule has 106 valence electrons. The van der Waals surface area contributed by atoms with Gasteiger partial charge >= 0.3 is 5.97 Å². The standard InChI is InChI=1S/C13H25NO4/c1-4-16-10-13(3,12(15)17-5-2)14-9-11-7-6-8-18-11/h11,14H,4-10H2,1-3H3. The maximum atomic E-state index is 12.0. The van der Waals surface area contributed by atoms with E-state index in [-0.39, 0.29) is 12.1 Å². The van der Waals surface area contributed by atoms with Crippen LogP contribution in [0.2, 0.25) is 0 Å². The summed E-state index contributed by atoms with van der Waals surface area (Å²) in [6.45, 7) is 8.27. The van der Waals surface area contributed by atoms with E-state index >= 15 is 0 Å². The lowest BCUT2D eigenvalue weighted by atomic mass is 10.0. The van der Waals surface area contributed by atoms with Crippen LogP contribution in [-0.4, -0.2) is 50.6 Å². The van der Waals surface area contributed by atoms with Crippen LogP contribution in [0.25, 0.3) is 0 Å². The Kier molecular flexibility index (Phi) is 6.60. The van der Waals surface area contributed by atoms with Gasteiger partial charge in [-0.25, -0.2) is 4.79 Å². The fourth-order valence-corrected chi connectivity index (χ4v) is 1.92.